The van der Waals surface area contributed by atoms with E-state index in [1.54, 1.807) is 16.9 Å². The van der Waals surface area contributed by atoms with E-state index < -0.39 is 0 Å². The molecule has 158 valence electrons. The van der Waals surface area contributed by atoms with Crippen LogP contribution >= 0.6 is 0 Å². The van der Waals surface area contributed by atoms with Gasteiger partial charge in [-0.25, -0.2) is 4.68 Å². The largest absolute Gasteiger partial charge is 0.355 e. The highest BCUT2D eigenvalue weighted by atomic mass is 16.2. The molecule has 0 saturated heterocycles. The molecule has 2 aromatic rings. The minimum atomic E-state index is -0.153. The Balaban J connectivity index is 1.12. The molecule has 0 atom stereocenters. The fraction of sp³-hybridized carbons (Fsp3) is 0.542. The Morgan fingerprint density at radius 1 is 1.00 bits per heavy atom. The standard InChI is InChI=1S/C24H30N4O2/c29-22(27-21-6-9-26-28(21)16-17-4-2-1-3-5-17)7-8-25-23(30)24-13-18-10-19(14-24)12-20(11-18)15-24/h1-6,9,18-20H,7-8,10-16H2,(H,25,30)(H,27,29). The number of amides is 2. The highest BCUT2D eigenvalue weighted by Crippen LogP contribution is 2.60. The van der Waals surface area contributed by atoms with Crippen molar-refractivity contribution in [1.82, 2.24) is 15.1 Å². The number of carbonyl (C=O) groups is 2. The van der Waals surface area contributed by atoms with Crippen LogP contribution in [0.15, 0.2) is 42.6 Å². The molecule has 4 aliphatic rings. The number of hydrogen-bond acceptors (Lipinski definition) is 3. The monoisotopic (exact) mass is 406 g/mol. The van der Waals surface area contributed by atoms with E-state index in [2.05, 4.69) is 15.7 Å². The van der Waals surface area contributed by atoms with Crippen LogP contribution in [0.4, 0.5) is 5.82 Å². The lowest BCUT2D eigenvalue weighted by molar-refractivity contribution is -0.146. The lowest BCUT2D eigenvalue weighted by Crippen LogP contribution is -2.53. The molecule has 4 fully saturated rings. The van der Waals surface area contributed by atoms with Crippen LogP contribution < -0.4 is 10.6 Å². The van der Waals surface area contributed by atoms with Gasteiger partial charge in [-0.15, -0.1) is 0 Å². The maximum atomic E-state index is 13.0. The maximum Gasteiger partial charge on any atom is 0.227 e. The minimum Gasteiger partial charge on any atom is -0.355 e. The van der Waals surface area contributed by atoms with Gasteiger partial charge in [0.1, 0.15) is 5.82 Å². The molecule has 0 spiro atoms. The van der Waals surface area contributed by atoms with E-state index >= 15 is 0 Å². The average molecular weight is 407 g/mol. The molecule has 6 nitrogen and oxygen atoms in total. The lowest BCUT2D eigenvalue weighted by atomic mass is 9.49. The molecule has 2 N–H and O–H groups in total. The molecule has 1 heterocycles. The summed E-state index contributed by atoms with van der Waals surface area (Å²) in [4.78, 5) is 25.4. The van der Waals surface area contributed by atoms with Crippen LogP contribution in [-0.2, 0) is 16.1 Å². The Bertz CT molecular complexity index is 885. The molecule has 0 aliphatic heterocycles. The number of nitrogens with one attached hydrogen (secondary N) is 2. The molecular formula is C24H30N4O2. The average Bonchev–Trinajstić information content (AvgIpc) is 3.14. The summed E-state index contributed by atoms with van der Waals surface area (Å²) in [6.07, 6.45) is 9.09. The third-order valence-corrected chi connectivity index (χ3v) is 7.32. The third-order valence-electron chi connectivity index (χ3n) is 7.32. The van der Waals surface area contributed by atoms with Crippen molar-refractivity contribution >= 4 is 17.6 Å². The topological polar surface area (TPSA) is 76.0 Å². The van der Waals surface area contributed by atoms with Crippen molar-refractivity contribution in [1.29, 1.82) is 0 Å². The Morgan fingerprint density at radius 2 is 1.67 bits per heavy atom. The van der Waals surface area contributed by atoms with Gasteiger partial charge in [-0.2, -0.15) is 5.10 Å². The predicted octanol–water partition coefficient (Wildman–Crippen LogP) is 3.59. The van der Waals surface area contributed by atoms with Gasteiger partial charge in [0.25, 0.3) is 0 Å². The molecular weight excluding hydrogens is 376 g/mol. The lowest BCUT2D eigenvalue weighted by Gasteiger charge is -2.55. The fourth-order valence-corrected chi connectivity index (χ4v) is 6.39. The second-order valence-corrected chi connectivity index (χ2v) is 9.61. The van der Waals surface area contributed by atoms with Crippen molar-refractivity contribution < 1.29 is 9.59 Å². The maximum absolute atomic E-state index is 13.0. The second kappa shape index (κ2) is 7.89. The fourth-order valence-electron chi connectivity index (χ4n) is 6.39. The zero-order chi connectivity index (χ0) is 20.6. The number of aromatic nitrogens is 2. The molecule has 6 heteroatoms. The summed E-state index contributed by atoms with van der Waals surface area (Å²) >= 11 is 0. The number of anilines is 1. The van der Waals surface area contributed by atoms with Gasteiger partial charge in [0, 0.05) is 24.4 Å². The van der Waals surface area contributed by atoms with E-state index in [1.807, 2.05) is 30.3 Å². The van der Waals surface area contributed by atoms with Crippen molar-refractivity contribution in [2.24, 2.45) is 23.2 Å². The Hall–Kier alpha value is -2.63. The molecule has 30 heavy (non-hydrogen) atoms. The van der Waals surface area contributed by atoms with E-state index in [1.165, 1.54) is 19.3 Å². The summed E-state index contributed by atoms with van der Waals surface area (Å²) in [6, 6.07) is 11.8. The zero-order valence-corrected chi connectivity index (χ0v) is 17.3. The first-order valence-corrected chi connectivity index (χ1v) is 11.2. The summed E-state index contributed by atoms with van der Waals surface area (Å²) in [6.45, 7) is 0.992. The predicted molar refractivity (Wildman–Crippen MR) is 115 cm³/mol. The number of benzene rings is 1. The van der Waals surface area contributed by atoms with Crippen molar-refractivity contribution in [3.8, 4) is 0 Å². The first kappa shape index (κ1) is 19.3. The Labute approximate surface area is 177 Å². The van der Waals surface area contributed by atoms with Gasteiger partial charge in [-0.05, 0) is 61.8 Å². The number of rotatable bonds is 7. The molecule has 0 unspecified atom stereocenters. The van der Waals surface area contributed by atoms with E-state index in [0.717, 1.165) is 42.6 Å². The van der Waals surface area contributed by atoms with Gasteiger partial charge >= 0.3 is 0 Å². The summed E-state index contributed by atoms with van der Waals surface area (Å²) in [7, 11) is 0. The Morgan fingerprint density at radius 3 is 2.33 bits per heavy atom. The quantitative estimate of drug-likeness (QED) is 0.738. The number of nitrogens with zero attached hydrogens (tertiary/aromatic N) is 2. The second-order valence-electron chi connectivity index (χ2n) is 9.61. The first-order valence-electron chi connectivity index (χ1n) is 11.2. The molecule has 4 aliphatic carbocycles. The van der Waals surface area contributed by atoms with Crippen LogP contribution in [0.3, 0.4) is 0 Å². The summed E-state index contributed by atoms with van der Waals surface area (Å²) in [5.41, 5.74) is 0.971. The van der Waals surface area contributed by atoms with Gasteiger partial charge in [-0.3, -0.25) is 9.59 Å². The first-order chi connectivity index (χ1) is 14.6. The highest BCUT2D eigenvalue weighted by Gasteiger charge is 2.54. The van der Waals surface area contributed by atoms with Gasteiger partial charge in [0.2, 0.25) is 11.8 Å². The van der Waals surface area contributed by atoms with E-state index in [9.17, 15) is 9.59 Å². The van der Waals surface area contributed by atoms with Crippen LogP contribution in [0.2, 0.25) is 0 Å². The number of hydrogen-bond donors (Lipinski definition) is 2. The number of carbonyl (C=O) groups excluding carboxylic acids is 2. The summed E-state index contributed by atoms with van der Waals surface area (Å²) < 4.78 is 1.78. The van der Waals surface area contributed by atoms with E-state index in [4.69, 9.17) is 0 Å². The van der Waals surface area contributed by atoms with E-state index in [0.29, 0.717) is 18.9 Å². The molecule has 6 rings (SSSR count). The summed E-state index contributed by atoms with van der Waals surface area (Å²) in [5.74, 6) is 3.00. The normalized spacial score (nSPS) is 29.0. The van der Waals surface area contributed by atoms with Gasteiger partial charge in [0.15, 0.2) is 0 Å². The smallest absolute Gasteiger partial charge is 0.227 e. The van der Waals surface area contributed by atoms with Crippen molar-refractivity contribution in [3.63, 3.8) is 0 Å². The van der Waals surface area contributed by atoms with E-state index in [-0.39, 0.29) is 23.7 Å². The van der Waals surface area contributed by atoms with Crippen LogP contribution in [0.25, 0.3) is 0 Å². The highest BCUT2D eigenvalue weighted by molar-refractivity contribution is 5.90. The zero-order valence-electron chi connectivity index (χ0n) is 17.3. The van der Waals surface area contributed by atoms with Crippen LogP contribution in [0.5, 0.6) is 0 Å². The minimum absolute atomic E-state index is 0.101. The summed E-state index contributed by atoms with van der Waals surface area (Å²) in [5, 5.41) is 10.3. The molecule has 4 saturated carbocycles. The molecule has 4 bridgehead atoms. The van der Waals surface area contributed by atoms with Crippen LogP contribution in [-0.4, -0.2) is 28.1 Å². The van der Waals surface area contributed by atoms with Gasteiger partial charge in [0.05, 0.1) is 12.7 Å². The third kappa shape index (κ3) is 3.87. The molecule has 0 radical (unpaired) electrons. The Kier molecular flexibility index (Phi) is 5.09. The van der Waals surface area contributed by atoms with Crippen LogP contribution in [0, 0.1) is 23.2 Å². The van der Waals surface area contributed by atoms with Gasteiger partial charge < -0.3 is 10.6 Å². The van der Waals surface area contributed by atoms with Crippen molar-refractivity contribution in [2.45, 2.75) is 51.5 Å². The molecule has 2 amide bonds. The molecule has 1 aromatic heterocycles. The molecule has 1 aromatic carbocycles. The van der Waals surface area contributed by atoms with Gasteiger partial charge in [-0.1, -0.05) is 30.3 Å². The van der Waals surface area contributed by atoms with Crippen molar-refractivity contribution in [3.05, 3.63) is 48.2 Å². The van der Waals surface area contributed by atoms with Crippen LogP contribution in [0.1, 0.15) is 50.5 Å². The SMILES string of the molecule is O=C(CCNC(=O)C12CC3CC(CC(C3)C1)C2)Nc1ccnn1Cc1ccccc1. The van der Waals surface area contributed by atoms with Crippen molar-refractivity contribution in [2.75, 3.05) is 11.9 Å².